The monoisotopic (exact) mass is 455 g/mol. The highest BCUT2D eigenvalue weighted by Gasteiger charge is 2.25. The molecule has 4 rings (SSSR count). The van der Waals surface area contributed by atoms with E-state index in [9.17, 15) is 4.79 Å². The normalized spacial score (nSPS) is 14.2. The van der Waals surface area contributed by atoms with Gasteiger partial charge in [-0.1, -0.05) is 6.92 Å². The van der Waals surface area contributed by atoms with Crippen LogP contribution >= 0.6 is 12.4 Å². The quantitative estimate of drug-likeness (QED) is 0.491. The van der Waals surface area contributed by atoms with Crippen molar-refractivity contribution in [1.29, 1.82) is 0 Å². The lowest BCUT2D eigenvalue weighted by Gasteiger charge is -2.36. The third kappa shape index (κ3) is 4.81. The molecule has 0 spiro atoms. The number of rotatable bonds is 7. The number of ether oxygens (including phenoxy) is 2. The Labute approximate surface area is 195 Å². The Balaban J connectivity index is 0.00000289. The molecule has 1 aromatic heterocycles. The molecule has 170 valence electrons. The number of aromatic nitrogens is 1. The number of carbonyl (C=O) groups is 1. The Bertz CT molecular complexity index is 1060. The first kappa shape index (κ1) is 23.8. The number of likely N-dealkylation sites (N-methyl/N-ethyl adjacent to an activating group) is 1. The first-order valence-corrected chi connectivity index (χ1v) is 10.9. The summed E-state index contributed by atoms with van der Waals surface area (Å²) in [5.74, 6) is 1.48. The van der Waals surface area contributed by atoms with Gasteiger partial charge in [0.05, 0.1) is 30.5 Å². The van der Waals surface area contributed by atoms with Crippen LogP contribution in [0, 0.1) is 0 Å². The van der Waals surface area contributed by atoms with Crippen LogP contribution in [0.2, 0.25) is 0 Å². The first-order chi connectivity index (χ1) is 15.1. The number of anilines is 1. The Morgan fingerprint density at radius 2 is 1.69 bits per heavy atom. The lowest BCUT2D eigenvalue weighted by molar-refractivity contribution is 0.103. The van der Waals surface area contributed by atoms with Crippen molar-refractivity contribution in [2.24, 2.45) is 0 Å². The number of fused-ring (bicyclic) bond motifs is 1. The van der Waals surface area contributed by atoms with Gasteiger partial charge in [-0.2, -0.15) is 0 Å². The summed E-state index contributed by atoms with van der Waals surface area (Å²) in [6.07, 6.45) is 1.72. The second-order valence-electron chi connectivity index (χ2n) is 7.61. The van der Waals surface area contributed by atoms with Crippen LogP contribution in [0.3, 0.4) is 0 Å². The molecule has 0 radical (unpaired) electrons. The molecule has 7 heteroatoms. The van der Waals surface area contributed by atoms with Crippen LogP contribution in [-0.4, -0.2) is 62.1 Å². The van der Waals surface area contributed by atoms with Crippen LogP contribution in [0.15, 0.2) is 48.7 Å². The van der Waals surface area contributed by atoms with Gasteiger partial charge in [0.25, 0.3) is 0 Å². The van der Waals surface area contributed by atoms with Gasteiger partial charge in [-0.05, 0) is 55.9 Å². The lowest BCUT2D eigenvalue weighted by atomic mass is 9.99. The maximum atomic E-state index is 13.5. The van der Waals surface area contributed by atoms with E-state index >= 15 is 0 Å². The van der Waals surface area contributed by atoms with Crippen LogP contribution in [-0.2, 0) is 0 Å². The van der Waals surface area contributed by atoms with Gasteiger partial charge in [0.2, 0.25) is 0 Å². The van der Waals surface area contributed by atoms with Crippen LogP contribution in [0.5, 0.6) is 11.5 Å². The third-order valence-electron chi connectivity index (χ3n) is 5.85. The molecule has 0 N–H and O–H groups in total. The van der Waals surface area contributed by atoms with E-state index in [1.165, 1.54) is 0 Å². The highest BCUT2D eigenvalue weighted by Crippen LogP contribution is 2.34. The summed E-state index contributed by atoms with van der Waals surface area (Å²) in [5.41, 5.74) is 3.05. The predicted octanol–water partition coefficient (Wildman–Crippen LogP) is 4.44. The number of hydrogen-bond donors (Lipinski definition) is 0. The zero-order valence-corrected chi connectivity index (χ0v) is 19.7. The van der Waals surface area contributed by atoms with Crippen LogP contribution in [0.25, 0.3) is 10.9 Å². The molecule has 1 saturated heterocycles. The van der Waals surface area contributed by atoms with E-state index < -0.39 is 0 Å². The maximum absolute atomic E-state index is 13.5. The summed E-state index contributed by atoms with van der Waals surface area (Å²) >= 11 is 0. The minimum atomic E-state index is -0.0354. The van der Waals surface area contributed by atoms with Gasteiger partial charge >= 0.3 is 0 Å². The van der Waals surface area contributed by atoms with Crippen molar-refractivity contribution < 1.29 is 14.3 Å². The molecular formula is C25H30ClN3O3. The van der Waals surface area contributed by atoms with E-state index in [-0.39, 0.29) is 18.2 Å². The molecule has 0 unspecified atom stereocenters. The van der Waals surface area contributed by atoms with Crippen LogP contribution in [0.1, 0.15) is 29.8 Å². The van der Waals surface area contributed by atoms with E-state index in [4.69, 9.17) is 9.47 Å². The first-order valence-electron chi connectivity index (χ1n) is 10.9. The summed E-state index contributed by atoms with van der Waals surface area (Å²) in [6.45, 7) is 9.47. The van der Waals surface area contributed by atoms with Gasteiger partial charge in [-0.3, -0.25) is 9.78 Å². The molecule has 2 aromatic carbocycles. The van der Waals surface area contributed by atoms with Crippen molar-refractivity contribution in [3.8, 4) is 11.5 Å². The molecule has 1 aliphatic heterocycles. The molecule has 1 fully saturated rings. The van der Waals surface area contributed by atoms with E-state index in [0.717, 1.165) is 60.8 Å². The van der Waals surface area contributed by atoms with Gasteiger partial charge in [0.15, 0.2) is 5.78 Å². The highest BCUT2D eigenvalue weighted by atomic mass is 35.5. The summed E-state index contributed by atoms with van der Waals surface area (Å²) in [5, 5.41) is 0.954. The van der Waals surface area contributed by atoms with Crippen LogP contribution < -0.4 is 14.4 Å². The molecule has 1 aliphatic rings. The fraction of sp³-hybridized carbons (Fsp3) is 0.360. The molecule has 32 heavy (non-hydrogen) atoms. The molecule has 0 saturated carbocycles. The molecule has 2 heterocycles. The number of carbonyl (C=O) groups excluding carboxylic acids is 1. The average Bonchev–Trinajstić information content (AvgIpc) is 2.83. The summed E-state index contributed by atoms with van der Waals surface area (Å²) in [4.78, 5) is 22.9. The van der Waals surface area contributed by atoms with Gasteiger partial charge in [-0.25, -0.2) is 0 Å². The van der Waals surface area contributed by atoms with E-state index in [1.807, 2.05) is 37.3 Å². The number of hydrogen-bond acceptors (Lipinski definition) is 6. The number of halogens is 1. The zero-order valence-electron chi connectivity index (χ0n) is 18.8. The molecule has 0 bridgehead atoms. The summed E-state index contributed by atoms with van der Waals surface area (Å²) < 4.78 is 11.0. The lowest BCUT2D eigenvalue weighted by Crippen LogP contribution is -2.46. The Morgan fingerprint density at radius 1 is 1.00 bits per heavy atom. The number of methoxy groups -OCH3 is 1. The molecule has 3 aromatic rings. The zero-order chi connectivity index (χ0) is 21.8. The number of ketones is 1. The molecule has 6 nitrogen and oxygen atoms in total. The minimum Gasteiger partial charge on any atom is -0.497 e. The van der Waals surface area contributed by atoms with Crippen molar-refractivity contribution in [3.63, 3.8) is 0 Å². The van der Waals surface area contributed by atoms with E-state index in [1.54, 1.807) is 25.4 Å². The van der Waals surface area contributed by atoms with Crippen molar-refractivity contribution in [1.82, 2.24) is 9.88 Å². The second-order valence-corrected chi connectivity index (χ2v) is 7.61. The molecule has 0 atom stereocenters. The standard InChI is InChI=1S/C25H29N3O3.ClH/c1-4-27-12-14-28(15-13-27)24-21-16-20(31-5-2)10-11-23(21)26-17-22(24)25(29)18-6-8-19(30-3)9-7-18;/h6-11,16-17H,4-5,12-15H2,1-3H3;1H. The van der Waals surface area contributed by atoms with E-state index in [0.29, 0.717) is 17.7 Å². The predicted molar refractivity (Wildman–Crippen MR) is 131 cm³/mol. The summed E-state index contributed by atoms with van der Waals surface area (Å²) in [7, 11) is 1.62. The van der Waals surface area contributed by atoms with Crippen LogP contribution in [0.4, 0.5) is 5.69 Å². The average molecular weight is 456 g/mol. The van der Waals surface area contributed by atoms with Crippen molar-refractivity contribution in [3.05, 3.63) is 59.8 Å². The SMILES string of the molecule is CCOc1ccc2ncc(C(=O)c3ccc(OC)cc3)c(N3CCN(CC)CC3)c2c1.Cl. The van der Waals surface area contributed by atoms with Gasteiger partial charge in [0.1, 0.15) is 11.5 Å². The summed E-state index contributed by atoms with van der Waals surface area (Å²) in [6, 6.07) is 13.2. The van der Waals surface area contributed by atoms with Gasteiger partial charge in [0, 0.05) is 43.3 Å². The molecule has 0 amide bonds. The minimum absolute atomic E-state index is 0. The Hall–Kier alpha value is -2.83. The van der Waals surface area contributed by atoms with Crippen molar-refractivity contribution >= 4 is 34.8 Å². The Morgan fingerprint density at radius 3 is 2.31 bits per heavy atom. The van der Waals surface area contributed by atoms with E-state index in [2.05, 4.69) is 21.7 Å². The Kier molecular flexibility index (Phi) is 7.94. The largest absolute Gasteiger partial charge is 0.497 e. The fourth-order valence-corrected chi connectivity index (χ4v) is 4.11. The van der Waals surface area contributed by atoms with Crippen molar-refractivity contribution in [2.45, 2.75) is 13.8 Å². The second kappa shape index (κ2) is 10.7. The number of piperazine rings is 1. The number of benzene rings is 2. The maximum Gasteiger partial charge on any atom is 0.196 e. The molecular weight excluding hydrogens is 426 g/mol. The van der Waals surface area contributed by atoms with Gasteiger partial charge < -0.3 is 19.3 Å². The van der Waals surface area contributed by atoms with Crippen molar-refractivity contribution in [2.75, 3.05) is 51.3 Å². The molecule has 0 aliphatic carbocycles. The smallest absolute Gasteiger partial charge is 0.196 e. The number of pyridine rings is 1. The van der Waals surface area contributed by atoms with Gasteiger partial charge in [-0.15, -0.1) is 12.4 Å². The number of nitrogens with zero attached hydrogens (tertiary/aromatic N) is 3. The third-order valence-corrected chi connectivity index (χ3v) is 5.85. The highest BCUT2D eigenvalue weighted by molar-refractivity contribution is 6.16. The topological polar surface area (TPSA) is 54.9 Å². The fourth-order valence-electron chi connectivity index (χ4n) is 4.11.